The smallest absolute Gasteiger partial charge is 0.191 e. The lowest BCUT2D eigenvalue weighted by molar-refractivity contribution is 0.150. The first kappa shape index (κ1) is 21.9. The Balaban J connectivity index is 0.00000243. The van der Waals surface area contributed by atoms with E-state index in [1.807, 2.05) is 6.20 Å². The summed E-state index contributed by atoms with van der Waals surface area (Å²) in [5.74, 6) is 0.968. The number of nitrogens with zero attached hydrogens (tertiary/aromatic N) is 3. The minimum atomic E-state index is 0. The molecule has 2 aliphatic rings. The van der Waals surface area contributed by atoms with Crippen molar-refractivity contribution in [1.29, 1.82) is 0 Å². The molecule has 1 aromatic heterocycles. The maximum Gasteiger partial charge on any atom is 0.191 e. The fraction of sp³-hybridized carbons (Fsp3) is 0.789. The molecule has 0 unspecified atom stereocenters. The highest BCUT2D eigenvalue weighted by molar-refractivity contribution is 14.0. The van der Waals surface area contributed by atoms with Gasteiger partial charge in [-0.25, -0.2) is 4.98 Å². The van der Waals surface area contributed by atoms with Gasteiger partial charge in [0.2, 0.25) is 0 Å². The molecule has 0 amide bonds. The number of hydrogen-bond donors (Lipinski definition) is 2. The third-order valence-corrected chi connectivity index (χ3v) is 6.29. The number of guanidine groups is 1. The van der Waals surface area contributed by atoms with Crippen LogP contribution in [-0.4, -0.2) is 54.1 Å². The summed E-state index contributed by atoms with van der Waals surface area (Å²) in [4.78, 5) is 13.2. The minimum absolute atomic E-state index is 0. The van der Waals surface area contributed by atoms with E-state index in [1.54, 1.807) is 11.3 Å². The molecule has 1 aliphatic heterocycles. The molecular formula is C19H34IN5S. The summed E-state index contributed by atoms with van der Waals surface area (Å²) in [5, 5.41) is 8.23. The monoisotopic (exact) mass is 491 g/mol. The third-order valence-electron chi connectivity index (χ3n) is 5.32. The molecule has 0 spiro atoms. The van der Waals surface area contributed by atoms with Crippen LogP contribution in [0.4, 0.5) is 0 Å². The Kier molecular flexibility index (Phi) is 9.63. The molecule has 1 aromatic rings. The molecule has 0 radical (unpaired) electrons. The Hall–Kier alpha value is -0.410. The van der Waals surface area contributed by atoms with Gasteiger partial charge in [0, 0.05) is 55.8 Å². The largest absolute Gasteiger partial charge is 0.357 e. The van der Waals surface area contributed by atoms with Gasteiger partial charge in [0.1, 0.15) is 0 Å². The van der Waals surface area contributed by atoms with Crippen LogP contribution in [0.3, 0.4) is 0 Å². The predicted molar refractivity (Wildman–Crippen MR) is 122 cm³/mol. The zero-order chi connectivity index (χ0) is 17.5. The molecule has 1 saturated heterocycles. The van der Waals surface area contributed by atoms with Crippen molar-refractivity contribution in [3.8, 4) is 0 Å². The van der Waals surface area contributed by atoms with Gasteiger partial charge in [-0.05, 0) is 39.5 Å². The number of hydrogen-bond acceptors (Lipinski definition) is 4. The van der Waals surface area contributed by atoms with Gasteiger partial charge in [-0.2, -0.15) is 0 Å². The van der Waals surface area contributed by atoms with Gasteiger partial charge < -0.3 is 15.5 Å². The first-order chi connectivity index (χ1) is 12.2. The average Bonchev–Trinajstić information content (AvgIpc) is 3.28. The van der Waals surface area contributed by atoms with E-state index < -0.39 is 0 Å². The van der Waals surface area contributed by atoms with Gasteiger partial charge in [0.15, 0.2) is 5.96 Å². The highest BCUT2D eigenvalue weighted by atomic mass is 127. The summed E-state index contributed by atoms with van der Waals surface area (Å²) in [7, 11) is 0. The Morgan fingerprint density at radius 2 is 2.00 bits per heavy atom. The van der Waals surface area contributed by atoms with Crippen molar-refractivity contribution in [3.05, 3.63) is 16.1 Å². The fourth-order valence-electron chi connectivity index (χ4n) is 3.97. The molecule has 2 N–H and O–H groups in total. The zero-order valence-electron chi connectivity index (χ0n) is 16.2. The van der Waals surface area contributed by atoms with Crippen LogP contribution >= 0.6 is 35.3 Å². The van der Waals surface area contributed by atoms with Gasteiger partial charge in [-0.1, -0.05) is 12.8 Å². The summed E-state index contributed by atoms with van der Waals surface area (Å²) < 4.78 is 0. The summed E-state index contributed by atoms with van der Waals surface area (Å²) in [5.41, 5.74) is 0. The SMILES string of the molecule is CCNC(=NCCc1ncc(C)s1)NC1CCN(C2CCCC2)CC1.I. The number of aryl methyl sites for hydroxylation is 1. The van der Waals surface area contributed by atoms with Gasteiger partial charge in [0.05, 0.1) is 5.01 Å². The van der Waals surface area contributed by atoms with Crippen LogP contribution in [0.15, 0.2) is 11.2 Å². The maximum atomic E-state index is 4.76. The number of likely N-dealkylation sites (tertiary alicyclic amines) is 1. The number of halogens is 1. The molecule has 148 valence electrons. The van der Waals surface area contributed by atoms with E-state index in [1.165, 1.54) is 61.5 Å². The maximum absolute atomic E-state index is 4.76. The van der Waals surface area contributed by atoms with Crippen LogP contribution in [-0.2, 0) is 6.42 Å². The molecule has 2 heterocycles. The zero-order valence-corrected chi connectivity index (χ0v) is 19.3. The minimum Gasteiger partial charge on any atom is -0.357 e. The molecule has 2 fully saturated rings. The second kappa shape index (κ2) is 11.4. The number of nitrogens with one attached hydrogen (secondary N) is 2. The van der Waals surface area contributed by atoms with E-state index in [0.717, 1.165) is 31.5 Å². The van der Waals surface area contributed by atoms with E-state index in [9.17, 15) is 0 Å². The van der Waals surface area contributed by atoms with Crippen molar-refractivity contribution in [2.24, 2.45) is 4.99 Å². The molecule has 0 bridgehead atoms. The highest BCUT2D eigenvalue weighted by Crippen LogP contribution is 2.26. The second-order valence-corrected chi connectivity index (χ2v) is 8.59. The van der Waals surface area contributed by atoms with Crippen molar-refractivity contribution in [1.82, 2.24) is 20.5 Å². The highest BCUT2D eigenvalue weighted by Gasteiger charge is 2.27. The Morgan fingerprint density at radius 1 is 1.27 bits per heavy atom. The van der Waals surface area contributed by atoms with E-state index in [0.29, 0.717) is 6.04 Å². The number of thiazole rings is 1. The number of piperidine rings is 1. The number of rotatable bonds is 6. The van der Waals surface area contributed by atoms with Crippen LogP contribution in [0.25, 0.3) is 0 Å². The van der Waals surface area contributed by atoms with Crippen molar-refractivity contribution < 1.29 is 0 Å². The Bertz CT molecular complexity index is 548. The predicted octanol–water partition coefficient (Wildman–Crippen LogP) is 3.57. The lowest BCUT2D eigenvalue weighted by Crippen LogP contribution is -2.50. The van der Waals surface area contributed by atoms with Crippen LogP contribution in [0.5, 0.6) is 0 Å². The quantitative estimate of drug-likeness (QED) is 0.363. The Morgan fingerprint density at radius 3 is 2.62 bits per heavy atom. The third kappa shape index (κ3) is 6.64. The molecule has 0 aromatic carbocycles. The molecule has 7 heteroatoms. The standard InChI is InChI=1S/C19H33N5S.HI/c1-3-20-19(21-11-8-18-22-14-15(2)25-18)23-16-9-12-24(13-10-16)17-6-4-5-7-17;/h14,16-17H,3-13H2,1-2H3,(H2,20,21,23);1H. The summed E-state index contributed by atoms with van der Waals surface area (Å²) >= 11 is 1.77. The van der Waals surface area contributed by atoms with Gasteiger partial charge in [-0.15, -0.1) is 35.3 Å². The summed E-state index contributed by atoms with van der Waals surface area (Å²) in [6, 6.07) is 1.42. The summed E-state index contributed by atoms with van der Waals surface area (Å²) in [6.07, 6.45) is 11.0. The number of aromatic nitrogens is 1. The van der Waals surface area contributed by atoms with Crippen molar-refractivity contribution in [2.75, 3.05) is 26.2 Å². The number of aliphatic imine (C=N–C) groups is 1. The topological polar surface area (TPSA) is 52.6 Å². The van der Waals surface area contributed by atoms with E-state index >= 15 is 0 Å². The molecule has 5 nitrogen and oxygen atoms in total. The summed E-state index contributed by atoms with van der Waals surface area (Å²) in [6.45, 7) is 8.41. The first-order valence-corrected chi connectivity index (χ1v) is 10.8. The molecule has 0 atom stereocenters. The molecule has 26 heavy (non-hydrogen) atoms. The van der Waals surface area contributed by atoms with Crippen molar-refractivity contribution in [2.45, 2.75) is 70.9 Å². The van der Waals surface area contributed by atoms with Gasteiger partial charge in [0.25, 0.3) is 0 Å². The molecule has 3 rings (SSSR count). The fourth-order valence-corrected chi connectivity index (χ4v) is 4.75. The lowest BCUT2D eigenvalue weighted by Gasteiger charge is -2.36. The molecule has 1 aliphatic carbocycles. The molecular weight excluding hydrogens is 457 g/mol. The molecule has 1 saturated carbocycles. The van der Waals surface area contributed by atoms with Crippen molar-refractivity contribution >= 4 is 41.3 Å². The van der Waals surface area contributed by atoms with E-state index in [-0.39, 0.29) is 24.0 Å². The van der Waals surface area contributed by atoms with Gasteiger partial charge >= 0.3 is 0 Å². The van der Waals surface area contributed by atoms with Crippen molar-refractivity contribution in [3.63, 3.8) is 0 Å². The van der Waals surface area contributed by atoms with E-state index in [2.05, 4.69) is 34.4 Å². The second-order valence-electron chi connectivity index (χ2n) is 7.27. The van der Waals surface area contributed by atoms with E-state index in [4.69, 9.17) is 4.99 Å². The average molecular weight is 491 g/mol. The van der Waals surface area contributed by atoms with Gasteiger partial charge in [-0.3, -0.25) is 4.99 Å². The van der Waals surface area contributed by atoms with Crippen LogP contribution in [0.1, 0.15) is 55.3 Å². The Labute approximate surface area is 179 Å². The van der Waals surface area contributed by atoms with Crippen LogP contribution in [0.2, 0.25) is 0 Å². The first-order valence-electron chi connectivity index (χ1n) is 9.95. The van der Waals surface area contributed by atoms with Crippen LogP contribution in [0, 0.1) is 6.92 Å². The van der Waals surface area contributed by atoms with Crippen LogP contribution < -0.4 is 10.6 Å². The normalized spacial score (nSPS) is 20.2. The lowest BCUT2D eigenvalue weighted by atomic mass is 10.0.